The van der Waals surface area contributed by atoms with Gasteiger partial charge in [-0.2, -0.15) is 0 Å². The molecule has 9 heteroatoms. The van der Waals surface area contributed by atoms with Gasteiger partial charge in [-0.15, -0.1) is 0 Å². The maximum absolute atomic E-state index is 12.7. The van der Waals surface area contributed by atoms with E-state index in [0.717, 1.165) is 22.3 Å². The molecule has 2 N–H and O–H groups in total. The van der Waals surface area contributed by atoms with E-state index in [-0.39, 0.29) is 32.2 Å². The van der Waals surface area contributed by atoms with Crippen molar-refractivity contribution in [3.05, 3.63) is 59.7 Å². The Kier molecular flexibility index (Phi) is 6.30. The fourth-order valence-corrected chi connectivity index (χ4v) is 4.20. The van der Waals surface area contributed by atoms with Crippen LogP contribution in [0.5, 0.6) is 0 Å². The molecule has 1 fully saturated rings. The largest absolute Gasteiger partial charge is 0.481 e. The van der Waals surface area contributed by atoms with E-state index in [2.05, 4.69) is 5.32 Å². The van der Waals surface area contributed by atoms with Crippen molar-refractivity contribution in [1.29, 1.82) is 0 Å². The summed E-state index contributed by atoms with van der Waals surface area (Å²) in [5.41, 5.74) is 4.22. The maximum Gasteiger partial charge on any atom is 0.408 e. The van der Waals surface area contributed by atoms with Crippen molar-refractivity contribution in [2.75, 3.05) is 26.3 Å². The summed E-state index contributed by atoms with van der Waals surface area (Å²) in [6.07, 6.45) is -0.932. The highest BCUT2D eigenvalue weighted by molar-refractivity contribution is 6.04. The third kappa shape index (κ3) is 4.39. The molecule has 0 spiro atoms. The topological polar surface area (TPSA) is 122 Å². The number of carboxylic acids is 1. The molecule has 2 amide bonds. The SMILES string of the molecule is CCOC(=O)C(NC(=O)OCC1c2ccccc2-c2ccccc21)C(=O)N1CC(C(=O)O)C1. The van der Waals surface area contributed by atoms with Crippen LogP contribution in [-0.2, 0) is 23.9 Å². The van der Waals surface area contributed by atoms with E-state index in [1.165, 1.54) is 4.90 Å². The third-order valence-corrected chi connectivity index (χ3v) is 5.92. The van der Waals surface area contributed by atoms with Crippen molar-refractivity contribution in [2.45, 2.75) is 18.9 Å². The minimum Gasteiger partial charge on any atom is -0.481 e. The Hall–Kier alpha value is -3.88. The summed E-state index contributed by atoms with van der Waals surface area (Å²) in [6.45, 7) is 1.56. The number of benzene rings is 2. The first-order valence-electron chi connectivity index (χ1n) is 10.7. The van der Waals surface area contributed by atoms with Gasteiger partial charge in [0.1, 0.15) is 6.61 Å². The van der Waals surface area contributed by atoms with Gasteiger partial charge in [0, 0.05) is 19.0 Å². The number of carbonyl (C=O) groups excluding carboxylic acids is 3. The summed E-state index contributed by atoms with van der Waals surface area (Å²) in [5.74, 6) is -3.52. The van der Waals surface area contributed by atoms with Gasteiger partial charge in [-0.3, -0.25) is 14.9 Å². The number of carboxylic acid groups (broad SMARTS) is 1. The zero-order valence-electron chi connectivity index (χ0n) is 18.0. The van der Waals surface area contributed by atoms with Crippen molar-refractivity contribution in [1.82, 2.24) is 10.2 Å². The normalized spacial score (nSPS) is 15.6. The first-order chi connectivity index (χ1) is 15.9. The van der Waals surface area contributed by atoms with Gasteiger partial charge in [0.05, 0.1) is 12.5 Å². The average molecular weight is 452 g/mol. The highest BCUT2D eigenvalue weighted by Gasteiger charge is 2.42. The molecule has 0 bridgehead atoms. The van der Waals surface area contributed by atoms with Crippen LogP contribution in [0, 0.1) is 5.92 Å². The van der Waals surface area contributed by atoms with Gasteiger partial charge < -0.3 is 19.5 Å². The number of fused-ring (bicyclic) bond motifs is 3. The zero-order valence-corrected chi connectivity index (χ0v) is 18.0. The first-order valence-corrected chi connectivity index (χ1v) is 10.7. The second-order valence-electron chi connectivity index (χ2n) is 7.93. The molecule has 1 unspecified atom stereocenters. The van der Waals surface area contributed by atoms with Gasteiger partial charge in [-0.25, -0.2) is 9.59 Å². The number of esters is 1. The van der Waals surface area contributed by atoms with Crippen LogP contribution in [-0.4, -0.2) is 66.3 Å². The number of nitrogens with one attached hydrogen (secondary N) is 1. The smallest absolute Gasteiger partial charge is 0.408 e. The maximum atomic E-state index is 12.7. The summed E-state index contributed by atoms with van der Waals surface area (Å²) in [7, 11) is 0. The highest BCUT2D eigenvalue weighted by atomic mass is 16.6. The zero-order chi connectivity index (χ0) is 23.5. The average Bonchev–Trinajstić information content (AvgIpc) is 3.08. The van der Waals surface area contributed by atoms with Crippen LogP contribution in [0.15, 0.2) is 48.5 Å². The lowest BCUT2D eigenvalue weighted by Gasteiger charge is -2.38. The monoisotopic (exact) mass is 452 g/mol. The van der Waals surface area contributed by atoms with E-state index < -0.39 is 35.9 Å². The van der Waals surface area contributed by atoms with Crippen molar-refractivity contribution >= 4 is 23.9 Å². The molecule has 0 saturated carbocycles. The second-order valence-corrected chi connectivity index (χ2v) is 7.93. The fraction of sp³-hybridized carbons (Fsp3) is 0.333. The Morgan fingerprint density at radius 3 is 2.12 bits per heavy atom. The van der Waals surface area contributed by atoms with Gasteiger partial charge >= 0.3 is 18.0 Å². The summed E-state index contributed by atoms with van der Waals surface area (Å²) in [5, 5.41) is 11.3. The lowest BCUT2D eigenvalue weighted by Crippen LogP contribution is -2.61. The lowest BCUT2D eigenvalue weighted by molar-refractivity contribution is -0.158. The van der Waals surface area contributed by atoms with Crippen molar-refractivity contribution in [3.63, 3.8) is 0 Å². The number of aliphatic carboxylic acids is 1. The molecule has 2 aromatic rings. The van der Waals surface area contributed by atoms with Crippen LogP contribution in [0.3, 0.4) is 0 Å². The number of hydrogen-bond donors (Lipinski definition) is 2. The van der Waals surface area contributed by atoms with Crippen molar-refractivity contribution in [3.8, 4) is 11.1 Å². The van der Waals surface area contributed by atoms with Crippen LogP contribution < -0.4 is 5.32 Å². The molecule has 1 aliphatic carbocycles. The molecule has 4 rings (SSSR count). The molecule has 9 nitrogen and oxygen atoms in total. The molecular formula is C24H24N2O7. The quantitative estimate of drug-likeness (QED) is 0.487. The Labute approximate surface area is 190 Å². The number of alkyl carbamates (subject to hydrolysis) is 1. The van der Waals surface area contributed by atoms with Crippen molar-refractivity contribution < 1.29 is 33.8 Å². The third-order valence-electron chi connectivity index (χ3n) is 5.92. The number of ether oxygens (including phenoxy) is 2. The second kappa shape index (κ2) is 9.32. The first kappa shape index (κ1) is 22.3. The van der Waals surface area contributed by atoms with E-state index in [0.29, 0.717) is 0 Å². The van der Waals surface area contributed by atoms with E-state index in [9.17, 15) is 19.2 Å². The van der Waals surface area contributed by atoms with Gasteiger partial charge in [0.25, 0.3) is 5.91 Å². The Bertz CT molecular complexity index is 1050. The van der Waals surface area contributed by atoms with Crippen LogP contribution in [0.2, 0.25) is 0 Å². The van der Waals surface area contributed by atoms with Crippen LogP contribution >= 0.6 is 0 Å². The number of rotatable bonds is 7. The molecule has 33 heavy (non-hydrogen) atoms. The summed E-state index contributed by atoms with van der Waals surface area (Å²) < 4.78 is 10.3. The number of nitrogens with zero attached hydrogens (tertiary/aromatic N) is 1. The minimum atomic E-state index is -1.60. The molecule has 1 saturated heterocycles. The Morgan fingerprint density at radius 2 is 1.58 bits per heavy atom. The molecule has 0 radical (unpaired) electrons. The van der Waals surface area contributed by atoms with Gasteiger partial charge in [0.2, 0.25) is 6.04 Å². The van der Waals surface area contributed by atoms with E-state index in [4.69, 9.17) is 14.6 Å². The number of amides is 2. The molecule has 2 aromatic carbocycles. The molecule has 172 valence electrons. The highest BCUT2D eigenvalue weighted by Crippen LogP contribution is 2.44. The molecular weight excluding hydrogens is 428 g/mol. The van der Waals surface area contributed by atoms with Gasteiger partial charge in [-0.1, -0.05) is 48.5 Å². The molecule has 1 heterocycles. The van der Waals surface area contributed by atoms with E-state index in [1.54, 1.807) is 6.92 Å². The van der Waals surface area contributed by atoms with Crippen LogP contribution in [0.4, 0.5) is 4.79 Å². The fourth-order valence-electron chi connectivity index (χ4n) is 4.20. The predicted octanol–water partition coefficient (Wildman–Crippen LogP) is 2.00. The summed E-state index contributed by atoms with van der Waals surface area (Å²) in [6, 6.07) is 14.1. The molecule has 2 aliphatic rings. The number of hydrogen-bond acceptors (Lipinski definition) is 6. The van der Waals surface area contributed by atoms with E-state index >= 15 is 0 Å². The van der Waals surface area contributed by atoms with Gasteiger partial charge in [-0.05, 0) is 29.2 Å². The standard InChI is InChI=1S/C24H24N2O7/c1-2-32-23(30)20(21(27)26-11-14(12-26)22(28)29)25-24(31)33-13-19-17-9-5-3-7-15(17)16-8-4-6-10-18(16)19/h3-10,14,19-20H,2,11-13H2,1H3,(H,25,31)(H,28,29). The minimum absolute atomic E-state index is 0.0206. The van der Waals surface area contributed by atoms with Crippen molar-refractivity contribution in [2.24, 2.45) is 5.92 Å². The molecule has 0 aromatic heterocycles. The van der Waals surface area contributed by atoms with Gasteiger partial charge in [0.15, 0.2) is 0 Å². The Morgan fingerprint density at radius 1 is 1.00 bits per heavy atom. The molecule has 1 aliphatic heterocycles. The van der Waals surface area contributed by atoms with Crippen LogP contribution in [0.25, 0.3) is 11.1 Å². The number of carbonyl (C=O) groups is 4. The number of likely N-dealkylation sites (tertiary alicyclic amines) is 1. The summed E-state index contributed by atoms with van der Waals surface area (Å²) in [4.78, 5) is 49.7. The predicted molar refractivity (Wildman–Crippen MR) is 116 cm³/mol. The lowest BCUT2D eigenvalue weighted by atomic mass is 9.98. The summed E-state index contributed by atoms with van der Waals surface area (Å²) >= 11 is 0. The Balaban J connectivity index is 1.42. The molecule has 1 atom stereocenters. The van der Waals surface area contributed by atoms with Crippen LogP contribution in [0.1, 0.15) is 24.0 Å². The van der Waals surface area contributed by atoms with E-state index in [1.807, 2.05) is 48.5 Å².